The minimum absolute atomic E-state index is 0.660. The second kappa shape index (κ2) is 7.01. The van der Waals surface area contributed by atoms with Crippen LogP contribution in [0.4, 0.5) is 0 Å². The van der Waals surface area contributed by atoms with E-state index < -0.39 is 0 Å². The van der Waals surface area contributed by atoms with Crippen LogP contribution >= 0.6 is 11.6 Å². The molecule has 0 spiro atoms. The standard InChI is InChI=1S/C15H22ClNO/c1-18-15-10-13(16)9-8-12(15)11-17-14-6-4-2-3-5-7-14/h8-10,14,17H,2-7,11H2,1H3. The van der Waals surface area contributed by atoms with Gasteiger partial charge in [0.15, 0.2) is 0 Å². The molecule has 1 aliphatic rings. The van der Waals surface area contributed by atoms with Gasteiger partial charge in [-0.25, -0.2) is 0 Å². The van der Waals surface area contributed by atoms with Crippen molar-refractivity contribution in [3.05, 3.63) is 28.8 Å². The Hall–Kier alpha value is -0.730. The Labute approximate surface area is 115 Å². The number of hydrogen-bond acceptors (Lipinski definition) is 2. The summed E-state index contributed by atoms with van der Waals surface area (Å²) in [6.07, 6.45) is 8.10. The third kappa shape index (κ3) is 3.89. The van der Waals surface area contributed by atoms with Crippen molar-refractivity contribution in [2.75, 3.05) is 7.11 Å². The molecule has 0 amide bonds. The van der Waals surface area contributed by atoms with E-state index in [-0.39, 0.29) is 0 Å². The van der Waals surface area contributed by atoms with Crippen molar-refractivity contribution < 1.29 is 4.74 Å². The predicted molar refractivity (Wildman–Crippen MR) is 76.3 cm³/mol. The molecule has 0 atom stereocenters. The number of benzene rings is 1. The Morgan fingerprint density at radius 3 is 2.61 bits per heavy atom. The molecule has 1 fully saturated rings. The molecule has 2 nitrogen and oxygen atoms in total. The van der Waals surface area contributed by atoms with Crippen LogP contribution in [-0.4, -0.2) is 13.2 Å². The van der Waals surface area contributed by atoms with Crippen LogP contribution in [0.5, 0.6) is 5.75 Å². The van der Waals surface area contributed by atoms with E-state index in [4.69, 9.17) is 16.3 Å². The van der Waals surface area contributed by atoms with Crippen LogP contribution in [0.15, 0.2) is 18.2 Å². The Balaban J connectivity index is 1.92. The summed E-state index contributed by atoms with van der Waals surface area (Å²) in [4.78, 5) is 0. The van der Waals surface area contributed by atoms with Crippen LogP contribution in [0.2, 0.25) is 5.02 Å². The Morgan fingerprint density at radius 2 is 1.94 bits per heavy atom. The van der Waals surface area contributed by atoms with E-state index in [0.717, 1.165) is 17.3 Å². The van der Waals surface area contributed by atoms with Crippen LogP contribution in [0.1, 0.15) is 44.1 Å². The summed E-state index contributed by atoms with van der Waals surface area (Å²) in [5.41, 5.74) is 1.19. The second-order valence-corrected chi connectivity index (χ2v) is 5.46. The molecule has 0 unspecified atom stereocenters. The number of methoxy groups -OCH3 is 1. The fourth-order valence-electron chi connectivity index (χ4n) is 2.60. The Morgan fingerprint density at radius 1 is 1.22 bits per heavy atom. The molecule has 0 aliphatic heterocycles. The number of ether oxygens (including phenoxy) is 1. The van der Waals surface area contributed by atoms with Crippen LogP contribution < -0.4 is 10.1 Å². The number of halogens is 1. The lowest BCUT2D eigenvalue weighted by Crippen LogP contribution is -2.28. The molecular formula is C15H22ClNO. The normalized spacial score (nSPS) is 17.4. The molecule has 18 heavy (non-hydrogen) atoms. The number of rotatable bonds is 4. The zero-order valence-corrected chi connectivity index (χ0v) is 11.8. The summed E-state index contributed by atoms with van der Waals surface area (Å²) in [5.74, 6) is 0.878. The largest absolute Gasteiger partial charge is 0.496 e. The zero-order chi connectivity index (χ0) is 12.8. The molecule has 1 aliphatic carbocycles. The quantitative estimate of drug-likeness (QED) is 0.827. The summed E-state index contributed by atoms with van der Waals surface area (Å²) in [6.45, 7) is 0.866. The highest BCUT2D eigenvalue weighted by molar-refractivity contribution is 6.30. The maximum atomic E-state index is 5.97. The first-order chi connectivity index (χ1) is 8.79. The van der Waals surface area contributed by atoms with E-state index in [1.165, 1.54) is 44.1 Å². The van der Waals surface area contributed by atoms with Gasteiger partial charge < -0.3 is 10.1 Å². The molecule has 2 rings (SSSR count). The third-order valence-corrected chi connectivity index (χ3v) is 3.92. The molecule has 0 aromatic heterocycles. The van der Waals surface area contributed by atoms with E-state index in [1.54, 1.807) is 7.11 Å². The van der Waals surface area contributed by atoms with E-state index >= 15 is 0 Å². The maximum Gasteiger partial charge on any atom is 0.124 e. The summed E-state index contributed by atoms with van der Waals surface area (Å²) in [5, 5.41) is 4.38. The van der Waals surface area contributed by atoms with Gasteiger partial charge in [-0.3, -0.25) is 0 Å². The molecule has 0 bridgehead atoms. The molecule has 0 radical (unpaired) electrons. The average molecular weight is 268 g/mol. The first kappa shape index (κ1) is 13.7. The summed E-state index contributed by atoms with van der Waals surface area (Å²) in [7, 11) is 1.70. The molecule has 1 saturated carbocycles. The fourth-order valence-corrected chi connectivity index (χ4v) is 2.76. The van der Waals surface area contributed by atoms with E-state index in [1.807, 2.05) is 18.2 Å². The second-order valence-electron chi connectivity index (χ2n) is 5.03. The molecular weight excluding hydrogens is 246 g/mol. The van der Waals surface area contributed by atoms with Crippen molar-refractivity contribution in [3.63, 3.8) is 0 Å². The molecule has 100 valence electrons. The summed E-state index contributed by atoms with van der Waals surface area (Å²) >= 11 is 5.97. The van der Waals surface area contributed by atoms with Crippen LogP contribution in [0, 0.1) is 0 Å². The van der Waals surface area contributed by atoms with Gasteiger partial charge in [-0.15, -0.1) is 0 Å². The smallest absolute Gasteiger partial charge is 0.124 e. The summed E-state index contributed by atoms with van der Waals surface area (Å²) < 4.78 is 5.37. The average Bonchev–Trinajstić information content (AvgIpc) is 2.65. The first-order valence-corrected chi connectivity index (χ1v) is 7.23. The van der Waals surface area contributed by atoms with Gasteiger partial charge in [0.25, 0.3) is 0 Å². The minimum Gasteiger partial charge on any atom is -0.496 e. The highest BCUT2D eigenvalue weighted by Crippen LogP contribution is 2.24. The van der Waals surface area contributed by atoms with Crippen molar-refractivity contribution in [2.24, 2.45) is 0 Å². The lowest BCUT2D eigenvalue weighted by molar-refractivity contribution is 0.401. The number of nitrogens with one attached hydrogen (secondary N) is 1. The Kier molecular flexibility index (Phi) is 5.33. The van der Waals surface area contributed by atoms with Crippen molar-refractivity contribution in [1.29, 1.82) is 0 Å². The lowest BCUT2D eigenvalue weighted by Gasteiger charge is -2.17. The monoisotopic (exact) mass is 267 g/mol. The van der Waals surface area contributed by atoms with E-state index in [2.05, 4.69) is 5.32 Å². The zero-order valence-electron chi connectivity index (χ0n) is 11.0. The van der Waals surface area contributed by atoms with Gasteiger partial charge in [0.2, 0.25) is 0 Å². The highest BCUT2D eigenvalue weighted by atomic mass is 35.5. The topological polar surface area (TPSA) is 21.3 Å². The van der Waals surface area contributed by atoms with Gasteiger partial charge in [-0.05, 0) is 25.0 Å². The van der Waals surface area contributed by atoms with E-state index in [0.29, 0.717) is 6.04 Å². The number of hydrogen-bond donors (Lipinski definition) is 1. The third-order valence-electron chi connectivity index (χ3n) is 3.69. The molecule has 1 N–H and O–H groups in total. The maximum absolute atomic E-state index is 5.97. The highest BCUT2D eigenvalue weighted by Gasteiger charge is 2.12. The van der Waals surface area contributed by atoms with Gasteiger partial charge >= 0.3 is 0 Å². The van der Waals surface area contributed by atoms with Gasteiger partial charge in [0, 0.05) is 23.2 Å². The Bertz CT molecular complexity index is 373. The van der Waals surface area contributed by atoms with Gasteiger partial charge in [-0.1, -0.05) is 43.4 Å². The first-order valence-electron chi connectivity index (χ1n) is 6.85. The molecule has 0 saturated heterocycles. The molecule has 1 aromatic rings. The van der Waals surface area contributed by atoms with E-state index in [9.17, 15) is 0 Å². The molecule has 0 heterocycles. The van der Waals surface area contributed by atoms with Gasteiger partial charge in [0.05, 0.1) is 7.11 Å². The van der Waals surface area contributed by atoms with Gasteiger partial charge in [-0.2, -0.15) is 0 Å². The SMILES string of the molecule is COc1cc(Cl)ccc1CNC1CCCCCC1. The van der Waals surface area contributed by atoms with Crippen LogP contribution in [-0.2, 0) is 6.54 Å². The van der Waals surface area contributed by atoms with Gasteiger partial charge in [0.1, 0.15) is 5.75 Å². The van der Waals surface area contributed by atoms with Crippen molar-refractivity contribution in [3.8, 4) is 5.75 Å². The predicted octanol–water partition coefficient (Wildman–Crippen LogP) is 4.16. The van der Waals surface area contributed by atoms with Crippen molar-refractivity contribution in [2.45, 2.75) is 51.1 Å². The summed E-state index contributed by atoms with van der Waals surface area (Å²) in [6, 6.07) is 6.51. The van der Waals surface area contributed by atoms with Crippen LogP contribution in [0.25, 0.3) is 0 Å². The molecule has 1 aromatic carbocycles. The lowest BCUT2D eigenvalue weighted by atomic mass is 10.1. The van der Waals surface area contributed by atoms with Crippen molar-refractivity contribution >= 4 is 11.6 Å². The van der Waals surface area contributed by atoms with Crippen LogP contribution in [0.3, 0.4) is 0 Å². The molecule has 3 heteroatoms. The minimum atomic E-state index is 0.660. The van der Waals surface area contributed by atoms with Crippen molar-refractivity contribution in [1.82, 2.24) is 5.32 Å². The fraction of sp³-hybridized carbons (Fsp3) is 0.600.